The second-order valence-electron chi connectivity index (χ2n) is 8.09. The third kappa shape index (κ3) is 4.55. The molecule has 0 radical (unpaired) electrons. The Bertz CT molecular complexity index is 1280. The van der Waals surface area contributed by atoms with Gasteiger partial charge in [0.2, 0.25) is 5.54 Å². The summed E-state index contributed by atoms with van der Waals surface area (Å²) in [5, 5.41) is 4.97. The first-order valence-electron chi connectivity index (χ1n) is 11.5. The number of nitrogens with one attached hydrogen (secondary N) is 1. The second-order valence-corrected chi connectivity index (χ2v) is 8.09. The molecule has 0 saturated carbocycles. The first-order chi connectivity index (χ1) is 16.9. The highest BCUT2D eigenvalue weighted by molar-refractivity contribution is 6.16. The number of rotatable bonds is 8. The number of Topliss-reactive ketones (excluding diaryl/α,β-unsaturated/α-hetero) is 1. The Morgan fingerprint density at radius 1 is 0.857 bits per heavy atom. The van der Waals surface area contributed by atoms with Crippen LogP contribution in [0.15, 0.2) is 78.4 Å². The van der Waals surface area contributed by atoms with Gasteiger partial charge in [0.05, 0.1) is 26.4 Å². The number of esters is 2. The number of ether oxygens (including phenoxy) is 3. The zero-order valence-electron chi connectivity index (χ0n) is 19.9. The van der Waals surface area contributed by atoms with Crippen LogP contribution >= 0.6 is 0 Å². The maximum atomic E-state index is 13.8. The van der Waals surface area contributed by atoms with Crippen molar-refractivity contribution in [2.24, 2.45) is 0 Å². The molecule has 180 valence electrons. The van der Waals surface area contributed by atoms with Crippen molar-refractivity contribution in [2.45, 2.75) is 25.4 Å². The minimum Gasteiger partial charge on any atom is -0.497 e. The normalized spacial score (nSPS) is 16.4. The smallest absolute Gasteiger partial charge is 0.342 e. The molecule has 4 rings (SSSR count). The van der Waals surface area contributed by atoms with E-state index in [2.05, 4.69) is 5.32 Å². The summed E-state index contributed by atoms with van der Waals surface area (Å²) in [7, 11) is 1.56. The lowest BCUT2D eigenvalue weighted by Crippen LogP contribution is -2.56. The van der Waals surface area contributed by atoms with E-state index in [-0.39, 0.29) is 24.6 Å². The summed E-state index contributed by atoms with van der Waals surface area (Å²) >= 11 is 0. The highest BCUT2D eigenvalue weighted by Gasteiger charge is 2.54. The molecule has 1 atom stereocenters. The van der Waals surface area contributed by atoms with Crippen LogP contribution in [0.4, 0.5) is 0 Å². The van der Waals surface area contributed by atoms with E-state index in [0.29, 0.717) is 16.9 Å². The molecule has 0 spiro atoms. The summed E-state index contributed by atoms with van der Waals surface area (Å²) in [4.78, 5) is 40.0. The fraction of sp³-hybridized carbons (Fsp3) is 0.250. The van der Waals surface area contributed by atoms with Crippen molar-refractivity contribution < 1.29 is 28.6 Å². The van der Waals surface area contributed by atoms with Crippen LogP contribution < -0.4 is 10.1 Å². The van der Waals surface area contributed by atoms with Gasteiger partial charge in [-0.2, -0.15) is 0 Å². The van der Waals surface area contributed by atoms with Crippen LogP contribution in [-0.2, 0) is 19.1 Å². The maximum absolute atomic E-state index is 13.8. The summed E-state index contributed by atoms with van der Waals surface area (Å²) in [5.41, 5.74) is -0.564. The average Bonchev–Trinajstić information content (AvgIpc) is 3.30. The molecule has 1 heterocycles. The van der Waals surface area contributed by atoms with Crippen LogP contribution in [0.25, 0.3) is 10.8 Å². The van der Waals surface area contributed by atoms with Crippen molar-refractivity contribution in [3.8, 4) is 5.75 Å². The minimum absolute atomic E-state index is 0.0661. The highest BCUT2D eigenvalue weighted by Crippen LogP contribution is 2.37. The topological polar surface area (TPSA) is 90.9 Å². The van der Waals surface area contributed by atoms with Gasteiger partial charge in [0.1, 0.15) is 5.75 Å². The van der Waals surface area contributed by atoms with Crippen molar-refractivity contribution >= 4 is 28.5 Å². The van der Waals surface area contributed by atoms with E-state index >= 15 is 0 Å². The Morgan fingerprint density at radius 2 is 1.49 bits per heavy atom. The predicted molar refractivity (Wildman–Crippen MR) is 131 cm³/mol. The van der Waals surface area contributed by atoms with Gasteiger partial charge in [-0.3, -0.25) is 10.1 Å². The number of methoxy groups -OCH3 is 1. The Labute approximate surface area is 203 Å². The third-order valence-corrected chi connectivity index (χ3v) is 5.97. The molecule has 0 unspecified atom stereocenters. The first kappa shape index (κ1) is 24.2. The lowest BCUT2D eigenvalue weighted by Gasteiger charge is -2.26. The van der Waals surface area contributed by atoms with Crippen LogP contribution in [0.1, 0.15) is 35.8 Å². The molecule has 7 heteroatoms. The molecule has 1 N–H and O–H groups in total. The standard InChI is InChI=1S/C28H27NO6/c1-4-34-26(31)28(27(32)35-5-2)17-23(24(29-28)19-12-14-22(33-3)15-13-19)25(30)21-11-10-18-8-6-7-9-20(18)16-21/h6-17,24,29H,4-5H2,1-3H3/t24-/m1/s1. The summed E-state index contributed by atoms with van der Waals surface area (Å²) in [6.45, 7) is 3.43. The van der Waals surface area contributed by atoms with E-state index in [4.69, 9.17) is 14.2 Å². The van der Waals surface area contributed by atoms with Crippen LogP contribution in [0, 0.1) is 0 Å². The molecular formula is C28H27NO6. The molecule has 7 nitrogen and oxygen atoms in total. The number of hydrogen-bond acceptors (Lipinski definition) is 7. The van der Waals surface area contributed by atoms with Crippen molar-refractivity contribution in [3.63, 3.8) is 0 Å². The number of carbonyl (C=O) groups excluding carboxylic acids is 3. The number of benzene rings is 3. The van der Waals surface area contributed by atoms with Gasteiger partial charge in [0.15, 0.2) is 5.78 Å². The molecule has 35 heavy (non-hydrogen) atoms. The van der Waals surface area contributed by atoms with E-state index in [1.165, 1.54) is 6.08 Å². The van der Waals surface area contributed by atoms with E-state index in [9.17, 15) is 14.4 Å². The molecule has 0 amide bonds. The molecule has 0 saturated heterocycles. The molecule has 3 aromatic rings. The number of hydrogen-bond donors (Lipinski definition) is 1. The molecule has 0 bridgehead atoms. The molecular weight excluding hydrogens is 446 g/mol. The van der Waals surface area contributed by atoms with Gasteiger partial charge in [-0.15, -0.1) is 0 Å². The van der Waals surface area contributed by atoms with E-state index in [0.717, 1.165) is 10.8 Å². The molecule has 1 aliphatic heterocycles. The van der Waals surface area contributed by atoms with E-state index < -0.39 is 23.5 Å². The Balaban J connectivity index is 1.84. The van der Waals surface area contributed by atoms with Crippen LogP contribution in [0.5, 0.6) is 5.75 Å². The van der Waals surface area contributed by atoms with Crippen molar-refractivity contribution in [3.05, 3.63) is 89.5 Å². The fourth-order valence-electron chi connectivity index (χ4n) is 4.23. The summed E-state index contributed by atoms with van der Waals surface area (Å²) in [5.74, 6) is -1.31. The maximum Gasteiger partial charge on any atom is 0.342 e. The van der Waals surface area contributed by atoms with Crippen molar-refractivity contribution in [2.75, 3.05) is 20.3 Å². The summed E-state index contributed by atoms with van der Waals surface area (Å²) in [6.07, 6.45) is 1.36. The molecule has 3 aromatic carbocycles. The Morgan fingerprint density at radius 3 is 2.09 bits per heavy atom. The van der Waals surface area contributed by atoms with Gasteiger partial charge in [-0.25, -0.2) is 9.59 Å². The number of carbonyl (C=O) groups is 3. The quantitative estimate of drug-likeness (QED) is 0.298. The minimum atomic E-state index is -1.95. The summed E-state index contributed by atoms with van der Waals surface area (Å²) in [6, 6.07) is 19.5. The van der Waals surface area contributed by atoms with Gasteiger partial charge in [-0.1, -0.05) is 48.5 Å². The zero-order chi connectivity index (χ0) is 25.0. The van der Waals surface area contributed by atoms with E-state index in [1.54, 1.807) is 57.4 Å². The number of ketones is 1. The number of fused-ring (bicyclic) bond motifs is 1. The van der Waals surface area contributed by atoms with Gasteiger partial charge >= 0.3 is 11.9 Å². The molecule has 0 fully saturated rings. The van der Waals surface area contributed by atoms with Crippen LogP contribution in [0.3, 0.4) is 0 Å². The van der Waals surface area contributed by atoms with Gasteiger partial charge in [0.25, 0.3) is 0 Å². The van der Waals surface area contributed by atoms with E-state index in [1.807, 2.05) is 30.3 Å². The molecule has 0 aliphatic carbocycles. The fourth-order valence-corrected chi connectivity index (χ4v) is 4.23. The molecule has 1 aliphatic rings. The first-order valence-corrected chi connectivity index (χ1v) is 11.5. The van der Waals surface area contributed by atoms with Crippen molar-refractivity contribution in [1.29, 1.82) is 0 Å². The third-order valence-electron chi connectivity index (χ3n) is 5.97. The monoisotopic (exact) mass is 473 g/mol. The second kappa shape index (κ2) is 10.1. The van der Waals surface area contributed by atoms with Gasteiger partial charge in [-0.05, 0) is 54.5 Å². The zero-order valence-corrected chi connectivity index (χ0v) is 19.9. The van der Waals surface area contributed by atoms with Gasteiger partial charge < -0.3 is 14.2 Å². The lowest BCUT2D eigenvalue weighted by molar-refractivity contribution is -0.162. The van der Waals surface area contributed by atoms with Crippen LogP contribution in [0.2, 0.25) is 0 Å². The van der Waals surface area contributed by atoms with Gasteiger partial charge in [0, 0.05) is 11.1 Å². The average molecular weight is 474 g/mol. The summed E-state index contributed by atoms with van der Waals surface area (Å²) < 4.78 is 15.7. The van der Waals surface area contributed by atoms with Crippen LogP contribution in [-0.4, -0.2) is 43.6 Å². The lowest BCUT2D eigenvalue weighted by atomic mass is 9.92. The Kier molecular flexibility index (Phi) is 6.98. The van der Waals surface area contributed by atoms with Crippen molar-refractivity contribution in [1.82, 2.24) is 5.32 Å². The highest BCUT2D eigenvalue weighted by atomic mass is 16.6. The largest absolute Gasteiger partial charge is 0.497 e. The Hall–Kier alpha value is -3.97. The molecule has 0 aromatic heterocycles. The predicted octanol–water partition coefficient (Wildman–Crippen LogP) is 4.17. The SMILES string of the molecule is CCOC(=O)C1(C(=O)OCC)C=C(C(=O)c2ccc3ccccc3c2)[C@@H](c2ccc(OC)cc2)N1.